The number of anilines is 1. The second kappa shape index (κ2) is 9.98. The van der Waals surface area contributed by atoms with Crippen LogP contribution >= 0.6 is 11.6 Å². The number of piperidine rings is 1. The summed E-state index contributed by atoms with van der Waals surface area (Å²) < 4.78 is 10.4. The van der Waals surface area contributed by atoms with Gasteiger partial charge in [-0.1, -0.05) is 16.8 Å². The molecule has 2 amide bonds. The standard InChI is InChI=1S/C22H28ClN3O4/c1-14-18(15(2)30-25-14)12-22(28)26-10-4-5-16(13-26)6-9-21(27)24-19-11-17(23)7-8-20(19)29-3/h7-8,11,16H,4-6,9-10,12-13H2,1-3H3,(H,24,27)/t16-/m0/s1. The van der Waals surface area contributed by atoms with Crippen molar-refractivity contribution in [2.24, 2.45) is 5.92 Å². The van der Waals surface area contributed by atoms with Crippen molar-refractivity contribution in [3.05, 3.63) is 40.2 Å². The summed E-state index contributed by atoms with van der Waals surface area (Å²) >= 11 is 6.02. The maximum atomic E-state index is 12.7. The van der Waals surface area contributed by atoms with Crippen LogP contribution in [0, 0.1) is 19.8 Å². The number of halogens is 1. The Balaban J connectivity index is 1.51. The molecule has 0 spiro atoms. The monoisotopic (exact) mass is 433 g/mol. The van der Waals surface area contributed by atoms with Crippen molar-refractivity contribution in [3.63, 3.8) is 0 Å². The zero-order valence-corrected chi connectivity index (χ0v) is 18.4. The SMILES string of the molecule is COc1ccc(Cl)cc1NC(=O)CC[C@@H]1CCCN(C(=O)Cc2c(C)noc2C)C1. The molecule has 2 aromatic rings. The van der Waals surface area contributed by atoms with E-state index in [1.165, 1.54) is 0 Å². The maximum absolute atomic E-state index is 12.7. The number of carbonyl (C=O) groups excluding carboxylic acids is 2. The molecule has 0 unspecified atom stereocenters. The van der Waals surface area contributed by atoms with E-state index in [4.69, 9.17) is 20.9 Å². The molecule has 1 N–H and O–H groups in total. The Morgan fingerprint density at radius 3 is 2.87 bits per heavy atom. The van der Waals surface area contributed by atoms with Crippen molar-refractivity contribution >= 4 is 29.1 Å². The Labute approximate surface area is 181 Å². The highest BCUT2D eigenvalue weighted by Crippen LogP contribution is 2.28. The van der Waals surface area contributed by atoms with Crippen molar-refractivity contribution in [3.8, 4) is 5.75 Å². The number of amides is 2. The van der Waals surface area contributed by atoms with E-state index < -0.39 is 0 Å². The molecule has 1 aromatic carbocycles. The van der Waals surface area contributed by atoms with E-state index in [0.717, 1.165) is 37.1 Å². The zero-order valence-electron chi connectivity index (χ0n) is 17.7. The number of hydrogen-bond acceptors (Lipinski definition) is 5. The van der Waals surface area contributed by atoms with Gasteiger partial charge < -0.3 is 19.5 Å². The molecule has 0 radical (unpaired) electrons. The molecular formula is C22H28ClN3O4. The van der Waals surface area contributed by atoms with Crippen LogP contribution in [0.1, 0.15) is 42.7 Å². The van der Waals surface area contributed by atoms with E-state index >= 15 is 0 Å². The van der Waals surface area contributed by atoms with Crippen molar-refractivity contribution in [2.75, 3.05) is 25.5 Å². The lowest BCUT2D eigenvalue weighted by Crippen LogP contribution is -2.41. The van der Waals surface area contributed by atoms with Gasteiger partial charge in [0.25, 0.3) is 0 Å². The first-order valence-electron chi connectivity index (χ1n) is 10.2. The van der Waals surface area contributed by atoms with Crippen LogP contribution in [0.5, 0.6) is 5.75 Å². The zero-order chi connectivity index (χ0) is 21.7. The molecular weight excluding hydrogens is 406 g/mol. The Morgan fingerprint density at radius 2 is 2.17 bits per heavy atom. The van der Waals surface area contributed by atoms with Crippen molar-refractivity contribution in [1.29, 1.82) is 0 Å². The third-order valence-electron chi connectivity index (χ3n) is 5.60. The molecule has 8 heteroatoms. The molecule has 1 aromatic heterocycles. The van der Waals surface area contributed by atoms with E-state index in [-0.39, 0.29) is 11.8 Å². The second-order valence-corrected chi connectivity index (χ2v) is 8.20. The highest BCUT2D eigenvalue weighted by atomic mass is 35.5. The van der Waals surface area contributed by atoms with Gasteiger partial charge in [-0.3, -0.25) is 9.59 Å². The van der Waals surface area contributed by atoms with Gasteiger partial charge >= 0.3 is 0 Å². The summed E-state index contributed by atoms with van der Waals surface area (Å²) in [4.78, 5) is 27.1. The highest BCUT2D eigenvalue weighted by Gasteiger charge is 2.25. The van der Waals surface area contributed by atoms with E-state index in [9.17, 15) is 9.59 Å². The molecule has 0 aliphatic carbocycles. The molecule has 162 valence electrons. The van der Waals surface area contributed by atoms with E-state index in [2.05, 4.69) is 10.5 Å². The minimum absolute atomic E-state index is 0.0854. The van der Waals surface area contributed by atoms with Crippen LogP contribution in [-0.4, -0.2) is 42.1 Å². The lowest BCUT2D eigenvalue weighted by molar-refractivity contribution is -0.132. The quantitative estimate of drug-likeness (QED) is 0.708. The summed E-state index contributed by atoms with van der Waals surface area (Å²) in [6.07, 6.45) is 3.38. The molecule has 1 fully saturated rings. The summed E-state index contributed by atoms with van der Waals surface area (Å²) in [5.74, 6) is 1.57. The molecule has 30 heavy (non-hydrogen) atoms. The first-order valence-corrected chi connectivity index (χ1v) is 10.6. The predicted octanol–water partition coefficient (Wildman–Crippen LogP) is 4.15. The van der Waals surface area contributed by atoms with Gasteiger partial charge in [0.2, 0.25) is 11.8 Å². The largest absolute Gasteiger partial charge is 0.495 e. The third kappa shape index (κ3) is 5.53. The van der Waals surface area contributed by atoms with Crippen LogP contribution in [0.4, 0.5) is 5.69 Å². The van der Waals surface area contributed by atoms with Crippen molar-refractivity contribution < 1.29 is 18.8 Å². The third-order valence-corrected chi connectivity index (χ3v) is 5.83. The molecule has 1 atom stereocenters. The van der Waals surface area contributed by atoms with Crippen LogP contribution in [0.3, 0.4) is 0 Å². The number of nitrogens with zero attached hydrogens (tertiary/aromatic N) is 2. The molecule has 2 heterocycles. The lowest BCUT2D eigenvalue weighted by Gasteiger charge is -2.33. The van der Waals surface area contributed by atoms with Crippen molar-refractivity contribution in [1.82, 2.24) is 10.1 Å². The van der Waals surface area contributed by atoms with Crippen LogP contribution in [0.25, 0.3) is 0 Å². The minimum atomic E-state index is -0.0882. The molecule has 1 saturated heterocycles. The highest BCUT2D eigenvalue weighted by molar-refractivity contribution is 6.31. The van der Waals surface area contributed by atoms with Gasteiger partial charge in [0, 0.05) is 30.1 Å². The van der Waals surface area contributed by atoms with E-state index in [1.54, 1.807) is 25.3 Å². The van der Waals surface area contributed by atoms with Crippen LogP contribution in [0.2, 0.25) is 5.02 Å². The maximum Gasteiger partial charge on any atom is 0.227 e. The smallest absolute Gasteiger partial charge is 0.227 e. The number of rotatable bonds is 7. The average molecular weight is 434 g/mol. The number of aryl methyl sites for hydroxylation is 2. The molecule has 0 bridgehead atoms. The fourth-order valence-corrected chi connectivity index (χ4v) is 4.04. The number of ether oxygens (including phenoxy) is 1. The summed E-state index contributed by atoms with van der Waals surface area (Å²) in [5.41, 5.74) is 2.20. The summed E-state index contributed by atoms with van der Waals surface area (Å²) in [5, 5.41) is 7.33. The first-order chi connectivity index (χ1) is 14.4. The number of likely N-dealkylation sites (tertiary alicyclic amines) is 1. The Morgan fingerprint density at radius 1 is 1.37 bits per heavy atom. The number of hydrogen-bond donors (Lipinski definition) is 1. The van der Waals surface area contributed by atoms with Crippen LogP contribution < -0.4 is 10.1 Å². The molecule has 1 aliphatic rings. The van der Waals surface area contributed by atoms with Crippen molar-refractivity contribution in [2.45, 2.75) is 46.0 Å². The van der Waals surface area contributed by atoms with Crippen LogP contribution in [0.15, 0.2) is 22.7 Å². The molecule has 7 nitrogen and oxygen atoms in total. The summed E-state index contributed by atoms with van der Waals surface area (Å²) in [6, 6.07) is 5.11. The van der Waals surface area contributed by atoms with E-state index in [1.807, 2.05) is 18.7 Å². The molecule has 3 rings (SSSR count). The topological polar surface area (TPSA) is 84.7 Å². The molecule has 0 saturated carbocycles. The number of nitrogens with one attached hydrogen (secondary N) is 1. The van der Waals surface area contributed by atoms with Gasteiger partial charge in [-0.25, -0.2) is 0 Å². The Hall–Kier alpha value is -2.54. The normalized spacial score (nSPS) is 16.4. The number of methoxy groups -OCH3 is 1. The predicted molar refractivity (Wildman–Crippen MR) is 115 cm³/mol. The van der Waals surface area contributed by atoms with Crippen LogP contribution in [-0.2, 0) is 16.0 Å². The number of carbonyl (C=O) groups is 2. The Bertz CT molecular complexity index is 892. The average Bonchev–Trinajstić information content (AvgIpc) is 3.04. The number of benzene rings is 1. The first kappa shape index (κ1) is 22.2. The summed E-state index contributed by atoms with van der Waals surface area (Å²) in [6.45, 7) is 5.11. The van der Waals surface area contributed by atoms with E-state index in [0.29, 0.717) is 47.5 Å². The van der Waals surface area contributed by atoms with Gasteiger partial charge in [0.05, 0.1) is 24.9 Å². The lowest BCUT2D eigenvalue weighted by atomic mass is 9.92. The fourth-order valence-electron chi connectivity index (χ4n) is 3.87. The number of aromatic nitrogens is 1. The van der Waals surface area contributed by atoms with Gasteiger partial charge in [-0.2, -0.15) is 0 Å². The summed E-state index contributed by atoms with van der Waals surface area (Å²) in [7, 11) is 1.55. The van der Waals surface area contributed by atoms with Gasteiger partial charge in [-0.05, 0) is 57.2 Å². The van der Waals surface area contributed by atoms with Gasteiger partial charge in [0.1, 0.15) is 11.5 Å². The van der Waals surface area contributed by atoms with Gasteiger partial charge in [0.15, 0.2) is 0 Å². The fraction of sp³-hybridized carbons (Fsp3) is 0.500. The van der Waals surface area contributed by atoms with Gasteiger partial charge in [-0.15, -0.1) is 0 Å². The minimum Gasteiger partial charge on any atom is -0.495 e. The second-order valence-electron chi connectivity index (χ2n) is 7.76. The Kier molecular flexibility index (Phi) is 7.37. The molecule has 1 aliphatic heterocycles.